The summed E-state index contributed by atoms with van der Waals surface area (Å²) in [6.45, 7) is 0. The van der Waals surface area contributed by atoms with Crippen LogP contribution in [0.4, 0.5) is 13.2 Å². The van der Waals surface area contributed by atoms with Crippen LogP contribution in [-0.4, -0.2) is 4.21 Å². The van der Waals surface area contributed by atoms with Crippen LogP contribution in [0.1, 0.15) is 11.1 Å². The van der Waals surface area contributed by atoms with E-state index in [1.54, 1.807) is 0 Å². The Balaban J connectivity index is 2.84. The second kappa shape index (κ2) is 4.10. The fraction of sp³-hybridized carbons (Fsp3) is 0.250. The predicted octanol–water partition coefficient (Wildman–Crippen LogP) is 1.83. The third-order valence-corrected chi connectivity index (χ3v) is 2.21. The van der Waals surface area contributed by atoms with Crippen LogP contribution in [-0.2, 0) is 22.9 Å². The van der Waals surface area contributed by atoms with Crippen LogP contribution in [0.3, 0.4) is 0 Å². The van der Waals surface area contributed by atoms with Crippen LogP contribution in [0.15, 0.2) is 24.3 Å². The molecule has 0 fully saturated rings. The van der Waals surface area contributed by atoms with Crippen molar-refractivity contribution in [2.45, 2.75) is 11.9 Å². The summed E-state index contributed by atoms with van der Waals surface area (Å²) in [5, 5.41) is 5.00. The molecule has 0 saturated heterocycles. The lowest BCUT2D eigenvalue weighted by atomic mass is 10.1. The van der Waals surface area contributed by atoms with Crippen LogP contribution in [0, 0.1) is 0 Å². The van der Waals surface area contributed by atoms with Crippen molar-refractivity contribution in [3.8, 4) is 0 Å². The highest BCUT2D eigenvalue weighted by Gasteiger charge is 2.29. The zero-order valence-electron chi connectivity index (χ0n) is 7.04. The first-order chi connectivity index (χ1) is 6.39. The van der Waals surface area contributed by atoms with Crippen LogP contribution < -0.4 is 5.14 Å². The molecule has 0 aromatic heterocycles. The quantitative estimate of drug-likeness (QED) is 0.816. The molecule has 0 heterocycles. The molecule has 0 aliphatic rings. The van der Waals surface area contributed by atoms with E-state index >= 15 is 0 Å². The molecule has 1 atom stereocenters. The monoisotopic (exact) mass is 223 g/mol. The third kappa shape index (κ3) is 3.12. The van der Waals surface area contributed by atoms with Gasteiger partial charge in [-0.1, -0.05) is 12.1 Å². The van der Waals surface area contributed by atoms with Crippen molar-refractivity contribution in [1.29, 1.82) is 0 Å². The van der Waals surface area contributed by atoms with E-state index in [1.807, 2.05) is 0 Å². The Kier molecular flexibility index (Phi) is 3.28. The van der Waals surface area contributed by atoms with E-state index in [4.69, 9.17) is 5.14 Å². The summed E-state index contributed by atoms with van der Waals surface area (Å²) < 4.78 is 46.9. The zero-order valence-corrected chi connectivity index (χ0v) is 7.86. The van der Waals surface area contributed by atoms with Gasteiger partial charge in [-0.15, -0.1) is 0 Å². The van der Waals surface area contributed by atoms with Gasteiger partial charge in [0.2, 0.25) is 0 Å². The highest BCUT2D eigenvalue weighted by molar-refractivity contribution is 7.81. The first-order valence-corrected chi connectivity index (χ1v) is 5.06. The third-order valence-electron chi connectivity index (χ3n) is 1.59. The molecular weight excluding hydrogens is 215 g/mol. The Morgan fingerprint density at radius 1 is 1.21 bits per heavy atom. The molecule has 0 aliphatic heterocycles. The molecule has 0 bridgehead atoms. The standard InChI is InChI=1S/C8H8F3NOS/c9-8(10,11)7-3-1-6(2-4-7)5-14(12)13/h1-4H,5,12H2/t14-/m1/s1. The van der Waals surface area contributed by atoms with Gasteiger partial charge in [0.25, 0.3) is 0 Å². The minimum Gasteiger partial charge on any atom is -0.252 e. The average Bonchev–Trinajstić information content (AvgIpc) is 2.02. The summed E-state index contributed by atoms with van der Waals surface area (Å²) in [5.41, 5.74) is -0.192. The minimum atomic E-state index is -4.33. The Morgan fingerprint density at radius 2 is 1.71 bits per heavy atom. The molecule has 0 spiro atoms. The van der Waals surface area contributed by atoms with Gasteiger partial charge >= 0.3 is 6.18 Å². The SMILES string of the molecule is N[S@](=O)Cc1ccc(C(F)(F)F)cc1. The second-order valence-electron chi connectivity index (χ2n) is 2.72. The van der Waals surface area contributed by atoms with Crippen molar-refractivity contribution in [2.24, 2.45) is 5.14 Å². The molecule has 0 saturated carbocycles. The predicted molar refractivity (Wildman–Crippen MR) is 47.5 cm³/mol. The van der Waals surface area contributed by atoms with E-state index < -0.39 is 22.7 Å². The lowest BCUT2D eigenvalue weighted by molar-refractivity contribution is -0.137. The maximum Gasteiger partial charge on any atom is 0.416 e. The number of benzene rings is 1. The van der Waals surface area contributed by atoms with Gasteiger partial charge in [-0.2, -0.15) is 13.2 Å². The first-order valence-electron chi connectivity index (χ1n) is 3.68. The van der Waals surface area contributed by atoms with Crippen molar-refractivity contribution in [2.75, 3.05) is 0 Å². The van der Waals surface area contributed by atoms with Crippen molar-refractivity contribution < 1.29 is 17.4 Å². The summed E-state index contributed by atoms with van der Waals surface area (Å²) in [7, 11) is -1.53. The fourth-order valence-electron chi connectivity index (χ4n) is 0.954. The van der Waals surface area contributed by atoms with Gasteiger partial charge in [0.15, 0.2) is 0 Å². The van der Waals surface area contributed by atoms with Gasteiger partial charge in [0.1, 0.15) is 0 Å². The van der Waals surface area contributed by atoms with E-state index in [9.17, 15) is 17.4 Å². The number of halogens is 3. The molecule has 0 radical (unpaired) electrons. The van der Waals surface area contributed by atoms with Gasteiger partial charge in [0.05, 0.1) is 22.3 Å². The molecule has 1 aromatic rings. The summed E-state index contributed by atoms with van der Waals surface area (Å²) in [5.74, 6) is 0.0676. The molecule has 14 heavy (non-hydrogen) atoms. The highest BCUT2D eigenvalue weighted by atomic mass is 32.2. The molecule has 1 rings (SSSR count). The van der Waals surface area contributed by atoms with Crippen molar-refractivity contribution in [1.82, 2.24) is 0 Å². The molecule has 0 amide bonds. The number of hydrogen-bond donors (Lipinski definition) is 1. The summed E-state index contributed by atoms with van der Waals surface area (Å²) in [6.07, 6.45) is -4.33. The molecule has 78 valence electrons. The Hall–Kier alpha value is -0.880. The number of nitrogens with two attached hydrogens (primary N) is 1. The first kappa shape index (κ1) is 11.2. The van der Waals surface area contributed by atoms with Crippen LogP contribution >= 0.6 is 0 Å². The van der Waals surface area contributed by atoms with E-state index in [-0.39, 0.29) is 5.75 Å². The molecular formula is C8H8F3NOS. The number of rotatable bonds is 2. The Labute approximate surface area is 81.5 Å². The van der Waals surface area contributed by atoms with E-state index in [0.29, 0.717) is 5.56 Å². The lowest BCUT2D eigenvalue weighted by Gasteiger charge is -2.06. The topological polar surface area (TPSA) is 43.1 Å². The molecule has 1 aromatic carbocycles. The van der Waals surface area contributed by atoms with Gasteiger partial charge in [0, 0.05) is 0 Å². The van der Waals surface area contributed by atoms with Crippen molar-refractivity contribution in [3.63, 3.8) is 0 Å². The van der Waals surface area contributed by atoms with Crippen LogP contribution in [0.2, 0.25) is 0 Å². The smallest absolute Gasteiger partial charge is 0.252 e. The number of hydrogen-bond acceptors (Lipinski definition) is 1. The minimum absolute atomic E-state index is 0.0676. The average molecular weight is 223 g/mol. The Morgan fingerprint density at radius 3 is 2.07 bits per heavy atom. The normalized spacial score (nSPS) is 14.0. The maximum absolute atomic E-state index is 12.1. The molecule has 2 nitrogen and oxygen atoms in total. The van der Waals surface area contributed by atoms with Gasteiger partial charge in [-0.05, 0) is 17.7 Å². The molecule has 0 aliphatic carbocycles. The summed E-state index contributed by atoms with van der Waals surface area (Å²) >= 11 is 0. The van der Waals surface area contributed by atoms with Gasteiger partial charge < -0.3 is 0 Å². The second-order valence-corrected chi connectivity index (χ2v) is 3.77. The Bertz CT molecular complexity index is 333. The molecule has 0 unspecified atom stereocenters. The summed E-state index contributed by atoms with van der Waals surface area (Å²) in [4.78, 5) is 0. The van der Waals surface area contributed by atoms with Gasteiger partial charge in [-0.3, -0.25) is 5.14 Å². The van der Waals surface area contributed by atoms with Gasteiger partial charge in [-0.25, -0.2) is 4.21 Å². The zero-order chi connectivity index (χ0) is 10.8. The van der Waals surface area contributed by atoms with Crippen LogP contribution in [0.25, 0.3) is 0 Å². The molecule has 6 heteroatoms. The van der Waals surface area contributed by atoms with Crippen molar-refractivity contribution >= 4 is 11.0 Å². The van der Waals surface area contributed by atoms with E-state index in [1.165, 1.54) is 12.1 Å². The molecule has 2 N–H and O–H groups in total. The highest BCUT2D eigenvalue weighted by Crippen LogP contribution is 2.29. The summed E-state index contributed by atoms with van der Waals surface area (Å²) in [6, 6.07) is 4.44. The largest absolute Gasteiger partial charge is 0.416 e. The van der Waals surface area contributed by atoms with Crippen molar-refractivity contribution in [3.05, 3.63) is 35.4 Å². The van der Waals surface area contributed by atoms with E-state index in [0.717, 1.165) is 12.1 Å². The van der Waals surface area contributed by atoms with Crippen LogP contribution in [0.5, 0.6) is 0 Å². The number of alkyl halides is 3. The maximum atomic E-state index is 12.1. The van der Waals surface area contributed by atoms with E-state index in [2.05, 4.69) is 0 Å². The fourth-order valence-corrected chi connectivity index (χ4v) is 1.48. The lowest BCUT2D eigenvalue weighted by Crippen LogP contribution is -2.07.